The second-order valence-corrected chi connectivity index (χ2v) is 7.84. The van der Waals surface area contributed by atoms with Crippen LogP contribution >= 0.6 is 0 Å². The predicted octanol–water partition coefficient (Wildman–Crippen LogP) is 3.23. The summed E-state index contributed by atoms with van der Waals surface area (Å²) in [6, 6.07) is 11.9. The molecule has 0 spiro atoms. The number of hydrogen-bond donors (Lipinski definition) is 2. The Balaban J connectivity index is 1.74. The number of anilines is 1. The molecule has 0 saturated carbocycles. The van der Waals surface area contributed by atoms with Gasteiger partial charge in [-0.15, -0.1) is 0 Å². The van der Waals surface area contributed by atoms with Gasteiger partial charge in [0.1, 0.15) is 23.6 Å². The smallest absolute Gasteiger partial charge is 0.325 e. The molecule has 2 aromatic rings. The van der Waals surface area contributed by atoms with Crippen molar-refractivity contribution in [2.24, 2.45) is 0 Å². The number of hydrogen-bond acceptors (Lipinski definition) is 5. The van der Waals surface area contributed by atoms with E-state index in [4.69, 9.17) is 9.47 Å². The molecule has 8 nitrogen and oxygen atoms in total. The summed E-state index contributed by atoms with van der Waals surface area (Å²) in [6.07, 6.45) is 0. The highest BCUT2D eigenvalue weighted by Crippen LogP contribution is 2.31. The number of amides is 4. The van der Waals surface area contributed by atoms with Crippen LogP contribution in [-0.2, 0) is 15.1 Å². The van der Waals surface area contributed by atoms with E-state index in [-0.39, 0.29) is 0 Å². The van der Waals surface area contributed by atoms with E-state index >= 15 is 0 Å². The molecule has 1 saturated heterocycles. The highest BCUT2D eigenvalue weighted by Gasteiger charge is 2.49. The van der Waals surface area contributed by atoms with Crippen LogP contribution in [0, 0.1) is 0 Å². The van der Waals surface area contributed by atoms with Crippen molar-refractivity contribution in [3.8, 4) is 11.5 Å². The fourth-order valence-electron chi connectivity index (χ4n) is 3.47. The standard InChI is InChI=1S/C23H27N3O5/c1-14(2)15-6-8-16(9-7-15)23(3)21(28)26(22(29)25-23)13-20(27)24-18-11-10-17(30-4)12-19(18)31-5/h6-12,14H,13H2,1-5H3,(H,24,27)(H,25,29)/t23-/m1/s1. The average Bonchev–Trinajstić information content (AvgIpc) is 2.97. The van der Waals surface area contributed by atoms with Crippen molar-refractivity contribution < 1.29 is 23.9 Å². The lowest BCUT2D eigenvalue weighted by Gasteiger charge is -2.23. The lowest BCUT2D eigenvalue weighted by molar-refractivity contribution is -0.133. The molecule has 1 aliphatic rings. The number of benzene rings is 2. The second-order valence-electron chi connectivity index (χ2n) is 7.84. The number of nitrogens with zero attached hydrogens (tertiary/aromatic N) is 1. The Hall–Kier alpha value is -3.55. The predicted molar refractivity (Wildman–Crippen MR) is 116 cm³/mol. The van der Waals surface area contributed by atoms with Gasteiger partial charge in [0, 0.05) is 6.07 Å². The van der Waals surface area contributed by atoms with Crippen LogP contribution in [0.25, 0.3) is 0 Å². The lowest BCUT2D eigenvalue weighted by Crippen LogP contribution is -2.42. The van der Waals surface area contributed by atoms with Crippen molar-refractivity contribution in [2.75, 3.05) is 26.1 Å². The maximum atomic E-state index is 13.1. The summed E-state index contributed by atoms with van der Waals surface area (Å²) in [5.74, 6) is 0.326. The number of imide groups is 1. The molecule has 2 aromatic carbocycles. The fraction of sp³-hybridized carbons (Fsp3) is 0.348. The Bertz CT molecular complexity index is 1000. The molecule has 4 amide bonds. The highest BCUT2D eigenvalue weighted by atomic mass is 16.5. The first-order valence-electron chi connectivity index (χ1n) is 9.96. The van der Waals surface area contributed by atoms with Crippen LogP contribution < -0.4 is 20.1 Å². The summed E-state index contributed by atoms with van der Waals surface area (Å²) in [5.41, 5.74) is 0.973. The van der Waals surface area contributed by atoms with Crippen LogP contribution in [0.5, 0.6) is 11.5 Å². The zero-order valence-electron chi connectivity index (χ0n) is 18.3. The third-order valence-corrected chi connectivity index (χ3v) is 5.41. The van der Waals surface area contributed by atoms with E-state index in [1.54, 1.807) is 25.1 Å². The SMILES string of the molecule is COc1ccc(NC(=O)CN2C(=O)N[C@](C)(c3ccc(C(C)C)cc3)C2=O)c(OC)c1. The topological polar surface area (TPSA) is 97.0 Å². The third kappa shape index (κ3) is 4.33. The number of methoxy groups -OCH3 is 2. The lowest BCUT2D eigenvalue weighted by atomic mass is 9.90. The monoisotopic (exact) mass is 425 g/mol. The van der Waals surface area contributed by atoms with Crippen molar-refractivity contribution in [1.82, 2.24) is 10.2 Å². The third-order valence-electron chi connectivity index (χ3n) is 5.41. The van der Waals surface area contributed by atoms with Crippen LogP contribution in [0.2, 0.25) is 0 Å². The normalized spacial score (nSPS) is 18.2. The summed E-state index contributed by atoms with van der Waals surface area (Å²) in [5, 5.41) is 5.39. The molecule has 164 valence electrons. The van der Waals surface area contributed by atoms with Crippen molar-refractivity contribution in [3.63, 3.8) is 0 Å². The maximum absolute atomic E-state index is 13.1. The number of carbonyl (C=O) groups excluding carboxylic acids is 3. The molecule has 0 aromatic heterocycles. The first-order chi connectivity index (χ1) is 14.7. The molecule has 0 bridgehead atoms. The van der Waals surface area contributed by atoms with Crippen molar-refractivity contribution in [3.05, 3.63) is 53.6 Å². The molecule has 0 aliphatic carbocycles. The van der Waals surface area contributed by atoms with Crippen LogP contribution in [0.1, 0.15) is 37.8 Å². The highest BCUT2D eigenvalue weighted by molar-refractivity contribution is 6.10. The molecule has 1 atom stereocenters. The van der Waals surface area contributed by atoms with Gasteiger partial charge in [0.2, 0.25) is 5.91 Å². The van der Waals surface area contributed by atoms with Gasteiger partial charge in [-0.1, -0.05) is 38.1 Å². The van der Waals surface area contributed by atoms with Crippen LogP contribution in [0.15, 0.2) is 42.5 Å². The molecular formula is C23H27N3O5. The first-order valence-corrected chi connectivity index (χ1v) is 9.96. The summed E-state index contributed by atoms with van der Waals surface area (Å²) in [4.78, 5) is 39.1. The van der Waals surface area contributed by atoms with Crippen LogP contribution in [0.3, 0.4) is 0 Å². The second kappa shape index (κ2) is 8.67. The molecule has 8 heteroatoms. The van der Waals surface area contributed by atoms with Gasteiger partial charge < -0.3 is 20.1 Å². The first kappa shape index (κ1) is 22.1. The Labute approximate surface area is 181 Å². The Kier molecular flexibility index (Phi) is 6.19. The van der Waals surface area contributed by atoms with Crippen molar-refractivity contribution in [1.29, 1.82) is 0 Å². The summed E-state index contributed by atoms with van der Waals surface area (Å²) in [7, 11) is 3.00. The Morgan fingerprint density at radius 1 is 1.10 bits per heavy atom. The van der Waals surface area contributed by atoms with Gasteiger partial charge in [-0.25, -0.2) is 4.79 Å². The van der Waals surface area contributed by atoms with E-state index in [0.717, 1.165) is 10.5 Å². The number of nitrogens with one attached hydrogen (secondary N) is 2. The van der Waals surface area contributed by atoms with Crippen LogP contribution in [0.4, 0.5) is 10.5 Å². The quantitative estimate of drug-likeness (QED) is 0.664. The van der Waals surface area contributed by atoms with E-state index in [0.29, 0.717) is 28.7 Å². The summed E-state index contributed by atoms with van der Waals surface area (Å²) < 4.78 is 10.4. The largest absolute Gasteiger partial charge is 0.497 e. The summed E-state index contributed by atoms with van der Waals surface area (Å²) in [6.45, 7) is 5.39. The molecule has 1 heterocycles. The summed E-state index contributed by atoms with van der Waals surface area (Å²) >= 11 is 0. The molecule has 3 rings (SSSR count). The fourth-order valence-corrected chi connectivity index (χ4v) is 3.47. The van der Waals surface area contributed by atoms with Gasteiger partial charge in [0.25, 0.3) is 5.91 Å². The minimum atomic E-state index is -1.23. The number of carbonyl (C=O) groups is 3. The average molecular weight is 425 g/mol. The zero-order valence-corrected chi connectivity index (χ0v) is 18.3. The van der Waals surface area contributed by atoms with Crippen molar-refractivity contribution >= 4 is 23.5 Å². The van der Waals surface area contributed by atoms with Crippen LogP contribution in [-0.4, -0.2) is 43.5 Å². The molecule has 31 heavy (non-hydrogen) atoms. The van der Waals surface area contributed by atoms with Gasteiger partial charge in [-0.2, -0.15) is 0 Å². The van der Waals surface area contributed by atoms with E-state index in [9.17, 15) is 14.4 Å². The number of urea groups is 1. The van der Waals surface area contributed by atoms with E-state index in [1.165, 1.54) is 14.2 Å². The zero-order chi connectivity index (χ0) is 22.8. The number of ether oxygens (including phenoxy) is 2. The Morgan fingerprint density at radius 3 is 2.35 bits per heavy atom. The van der Waals surface area contributed by atoms with Gasteiger partial charge in [0.05, 0.1) is 19.9 Å². The van der Waals surface area contributed by atoms with Crippen molar-refractivity contribution in [2.45, 2.75) is 32.2 Å². The molecule has 2 N–H and O–H groups in total. The molecule has 0 radical (unpaired) electrons. The van der Waals surface area contributed by atoms with Gasteiger partial charge in [-0.3, -0.25) is 14.5 Å². The molecule has 0 unspecified atom stereocenters. The van der Waals surface area contributed by atoms with E-state index < -0.39 is 29.9 Å². The van der Waals surface area contributed by atoms with Gasteiger partial charge >= 0.3 is 6.03 Å². The minimum absolute atomic E-state index is 0.353. The van der Waals surface area contributed by atoms with E-state index in [2.05, 4.69) is 24.5 Å². The van der Waals surface area contributed by atoms with E-state index in [1.807, 2.05) is 24.3 Å². The Morgan fingerprint density at radius 2 is 1.77 bits per heavy atom. The number of rotatable bonds is 7. The molecular weight excluding hydrogens is 398 g/mol. The molecule has 1 fully saturated rings. The van der Waals surface area contributed by atoms with Gasteiger partial charge in [-0.05, 0) is 36.1 Å². The van der Waals surface area contributed by atoms with Gasteiger partial charge in [0.15, 0.2) is 0 Å². The molecule has 1 aliphatic heterocycles. The minimum Gasteiger partial charge on any atom is -0.497 e. The maximum Gasteiger partial charge on any atom is 0.325 e.